The number of carboxylic acids is 1. The summed E-state index contributed by atoms with van der Waals surface area (Å²) in [7, 11) is 0. The van der Waals surface area contributed by atoms with Gasteiger partial charge in [-0.25, -0.2) is 0 Å². The maximum Gasteiger partial charge on any atom is 0.303 e. The van der Waals surface area contributed by atoms with Crippen LogP contribution in [0.5, 0.6) is 0 Å². The molecule has 0 aliphatic carbocycles. The van der Waals surface area contributed by atoms with Crippen LogP contribution in [-0.4, -0.2) is 55.9 Å². The van der Waals surface area contributed by atoms with Gasteiger partial charge in [-0.05, 0) is 12.8 Å². The second-order valence-corrected chi connectivity index (χ2v) is 6.91. The van der Waals surface area contributed by atoms with E-state index in [0.717, 1.165) is 38.5 Å². The van der Waals surface area contributed by atoms with Crippen LogP contribution in [0.1, 0.15) is 77.0 Å². The number of carboxylic acid groups (broad SMARTS) is 1. The Balaban J connectivity index is 3.19. The minimum atomic E-state index is -0.703. The van der Waals surface area contributed by atoms with E-state index in [9.17, 15) is 14.4 Å². The summed E-state index contributed by atoms with van der Waals surface area (Å²) in [5.74, 6) is -1.15. The number of aliphatic carboxylic acids is 1. The van der Waals surface area contributed by atoms with Crippen molar-refractivity contribution in [3.05, 3.63) is 0 Å². The van der Waals surface area contributed by atoms with Crippen molar-refractivity contribution in [3.8, 4) is 0 Å². The molecule has 0 aliphatic rings. The van der Waals surface area contributed by atoms with Gasteiger partial charge >= 0.3 is 5.97 Å². The normalized spacial score (nSPS) is 10.7. The van der Waals surface area contributed by atoms with E-state index in [1.807, 2.05) is 0 Å². The maximum atomic E-state index is 11.7. The topological polar surface area (TPSA) is 128 Å². The van der Waals surface area contributed by atoms with Crippen LogP contribution in [0, 0.1) is 0 Å². The Morgan fingerprint density at radius 1 is 0.714 bits per heavy atom. The van der Waals surface area contributed by atoms with Crippen molar-refractivity contribution >= 4 is 17.8 Å². The van der Waals surface area contributed by atoms with Gasteiger partial charge in [0.2, 0.25) is 11.8 Å². The average Bonchev–Trinajstić information content (AvgIpc) is 2.64. The molecule has 4 N–H and O–H groups in total. The summed E-state index contributed by atoms with van der Waals surface area (Å²) in [6.45, 7) is 1.46. The van der Waals surface area contributed by atoms with Crippen molar-refractivity contribution in [2.75, 3.05) is 33.0 Å². The summed E-state index contributed by atoms with van der Waals surface area (Å²) in [6.07, 6.45) is 11.7. The average molecular weight is 403 g/mol. The Morgan fingerprint density at radius 3 is 1.75 bits per heavy atom. The van der Waals surface area contributed by atoms with Gasteiger partial charge in [0.1, 0.15) is 6.61 Å². The summed E-state index contributed by atoms with van der Waals surface area (Å²) in [5, 5.41) is 11.4. The van der Waals surface area contributed by atoms with Crippen molar-refractivity contribution < 1.29 is 29.0 Å². The molecule has 0 heterocycles. The molecular formula is C20H38N2O6. The van der Waals surface area contributed by atoms with Crippen LogP contribution in [0.15, 0.2) is 0 Å². The SMILES string of the molecule is NC(=O)COCCOCCNC(=O)CCCCCCCCCCCCC(=O)O. The lowest BCUT2D eigenvalue weighted by molar-refractivity contribution is -0.137. The van der Waals surface area contributed by atoms with E-state index in [2.05, 4.69) is 5.32 Å². The molecule has 0 radical (unpaired) electrons. The molecule has 8 heteroatoms. The Hall–Kier alpha value is -1.67. The van der Waals surface area contributed by atoms with E-state index in [1.165, 1.54) is 25.7 Å². The second-order valence-electron chi connectivity index (χ2n) is 6.91. The van der Waals surface area contributed by atoms with Gasteiger partial charge in [-0.3, -0.25) is 14.4 Å². The fourth-order valence-electron chi connectivity index (χ4n) is 2.72. The summed E-state index contributed by atoms with van der Waals surface area (Å²) in [6, 6.07) is 0. The van der Waals surface area contributed by atoms with Crippen LogP contribution >= 0.6 is 0 Å². The van der Waals surface area contributed by atoms with Crippen LogP contribution in [0.4, 0.5) is 0 Å². The third-order valence-corrected chi connectivity index (χ3v) is 4.23. The lowest BCUT2D eigenvalue weighted by Gasteiger charge is -2.07. The lowest BCUT2D eigenvalue weighted by Crippen LogP contribution is -2.27. The Bertz CT molecular complexity index is 418. The fraction of sp³-hybridized carbons (Fsp3) is 0.850. The van der Waals surface area contributed by atoms with Crippen LogP contribution in [0.25, 0.3) is 0 Å². The smallest absolute Gasteiger partial charge is 0.303 e. The van der Waals surface area contributed by atoms with Crippen LogP contribution in [0.2, 0.25) is 0 Å². The molecule has 0 fully saturated rings. The molecule has 0 aromatic carbocycles. The molecule has 0 saturated heterocycles. The number of unbranched alkanes of at least 4 members (excludes halogenated alkanes) is 9. The molecule has 28 heavy (non-hydrogen) atoms. The van der Waals surface area contributed by atoms with Crippen LogP contribution in [-0.2, 0) is 23.9 Å². The van der Waals surface area contributed by atoms with E-state index < -0.39 is 11.9 Å². The number of nitrogens with one attached hydrogen (secondary N) is 1. The van der Waals surface area contributed by atoms with Crippen molar-refractivity contribution in [1.82, 2.24) is 5.32 Å². The monoisotopic (exact) mass is 402 g/mol. The Kier molecular flexibility index (Phi) is 18.9. The highest BCUT2D eigenvalue weighted by Crippen LogP contribution is 2.11. The zero-order chi connectivity index (χ0) is 20.9. The summed E-state index contributed by atoms with van der Waals surface area (Å²) in [5.41, 5.74) is 4.93. The Labute approximate surface area is 168 Å². The molecule has 8 nitrogen and oxygen atoms in total. The zero-order valence-electron chi connectivity index (χ0n) is 17.1. The standard InChI is InChI=1S/C20H38N2O6/c21-18(23)17-28-16-15-27-14-13-22-19(24)11-9-7-5-3-1-2-4-6-8-10-12-20(25)26/h1-17H2,(H2,21,23)(H,22,24)(H,25,26). The van der Waals surface area contributed by atoms with E-state index >= 15 is 0 Å². The first kappa shape index (κ1) is 26.3. The number of primary amides is 1. The number of hydrogen-bond acceptors (Lipinski definition) is 5. The van der Waals surface area contributed by atoms with Gasteiger partial charge in [-0.1, -0.05) is 51.4 Å². The Morgan fingerprint density at radius 2 is 1.21 bits per heavy atom. The number of amides is 2. The number of rotatable bonds is 21. The number of ether oxygens (including phenoxy) is 2. The molecule has 0 aliphatic heterocycles. The summed E-state index contributed by atoms with van der Waals surface area (Å²) in [4.78, 5) is 32.5. The number of carbonyl (C=O) groups excluding carboxylic acids is 2. The number of carbonyl (C=O) groups is 3. The van der Waals surface area contributed by atoms with Crippen molar-refractivity contribution in [1.29, 1.82) is 0 Å². The minimum Gasteiger partial charge on any atom is -0.481 e. The van der Waals surface area contributed by atoms with E-state index in [4.69, 9.17) is 20.3 Å². The first-order chi connectivity index (χ1) is 13.5. The number of nitrogens with two attached hydrogens (primary N) is 1. The highest BCUT2D eigenvalue weighted by Gasteiger charge is 2.01. The minimum absolute atomic E-state index is 0.0509. The van der Waals surface area contributed by atoms with Gasteiger partial charge in [0, 0.05) is 19.4 Å². The molecule has 164 valence electrons. The molecule has 0 bridgehead atoms. The molecule has 0 atom stereocenters. The summed E-state index contributed by atoms with van der Waals surface area (Å²) >= 11 is 0. The third kappa shape index (κ3) is 22.4. The van der Waals surface area contributed by atoms with Crippen LogP contribution < -0.4 is 11.1 Å². The largest absolute Gasteiger partial charge is 0.481 e. The molecular weight excluding hydrogens is 364 g/mol. The van der Waals surface area contributed by atoms with Gasteiger partial charge in [0.25, 0.3) is 0 Å². The first-order valence-corrected chi connectivity index (χ1v) is 10.4. The van der Waals surface area contributed by atoms with E-state index in [-0.39, 0.29) is 18.9 Å². The quantitative estimate of drug-likeness (QED) is 0.253. The third-order valence-electron chi connectivity index (χ3n) is 4.23. The molecule has 0 unspecified atom stereocenters. The van der Waals surface area contributed by atoms with Crippen molar-refractivity contribution in [3.63, 3.8) is 0 Å². The van der Waals surface area contributed by atoms with Gasteiger partial charge in [0.15, 0.2) is 0 Å². The van der Waals surface area contributed by atoms with Crippen LogP contribution in [0.3, 0.4) is 0 Å². The van der Waals surface area contributed by atoms with E-state index in [1.54, 1.807) is 0 Å². The highest BCUT2D eigenvalue weighted by atomic mass is 16.5. The number of hydrogen-bond donors (Lipinski definition) is 3. The predicted octanol–water partition coefficient (Wildman–Crippen LogP) is 2.39. The van der Waals surface area contributed by atoms with Gasteiger partial charge in [-0.15, -0.1) is 0 Å². The van der Waals surface area contributed by atoms with Crippen molar-refractivity contribution in [2.45, 2.75) is 77.0 Å². The van der Waals surface area contributed by atoms with Gasteiger partial charge in [-0.2, -0.15) is 0 Å². The maximum absolute atomic E-state index is 11.7. The molecule has 0 spiro atoms. The fourth-order valence-corrected chi connectivity index (χ4v) is 2.72. The molecule has 0 aromatic rings. The van der Waals surface area contributed by atoms with Gasteiger partial charge < -0.3 is 25.6 Å². The van der Waals surface area contributed by atoms with E-state index in [0.29, 0.717) is 32.8 Å². The molecule has 0 rings (SSSR count). The second kappa shape index (κ2) is 20.1. The zero-order valence-corrected chi connectivity index (χ0v) is 17.1. The van der Waals surface area contributed by atoms with Crippen molar-refractivity contribution in [2.24, 2.45) is 5.73 Å². The van der Waals surface area contributed by atoms with Gasteiger partial charge in [0.05, 0.1) is 19.8 Å². The molecule has 2 amide bonds. The molecule has 0 saturated carbocycles. The molecule has 0 aromatic heterocycles. The first-order valence-electron chi connectivity index (χ1n) is 10.4. The predicted molar refractivity (Wildman–Crippen MR) is 107 cm³/mol. The summed E-state index contributed by atoms with van der Waals surface area (Å²) < 4.78 is 10.2. The highest BCUT2D eigenvalue weighted by molar-refractivity contribution is 5.75. The lowest BCUT2D eigenvalue weighted by atomic mass is 10.1.